The Bertz CT molecular complexity index is 900. The number of aromatic hydroxyl groups is 1. The zero-order chi connectivity index (χ0) is 19.5. The Labute approximate surface area is 163 Å². The van der Waals surface area contributed by atoms with Crippen molar-refractivity contribution < 1.29 is 14.7 Å². The summed E-state index contributed by atoms with van der Waals surface area (Å²) in [6.45, 7) is 3.79. The van der Waals surface area contributed by atoms with Gasteiger partial charge in [-0.2, -0.15) is 0 Å². The molecule has 1 saturated heterocycles. The highest BCUT2D eigenvalue weighted by Gasteiger charge is 2.28. The van der Waals surface area contributed by atoms with Crippen molar-refractivity contribution in [2.75, 3.05) is 31.1 Å². The quantitative estimate of drug-likeness (QED) is 0.610. The predicted molar refractivity (Wildman–Crippen MR) is 106 cm³/mol. The average Bonchev–Trinajstić information content (AvgIpc) is 2.74. The lowest BCUT2D eigenvalue weighted by Gasteiger charge is -2.29. The number of piperazine rings is 1. The summed E-state index contributed by atoms with van der Waals surface area (Å²) in [4.78, 5) is 27.2. The summed E-state index contributed by atoms with van der Waals surface area (Å²) in [5.41, 5.74) is 2.83. The minimum absolute atomic E-state index is 0.129. The van der Waals surface area contributed by atoms with E-state index in [9.17, 15) is 14.7 Å². The van der Waals surface area contributed by atoms with Crippen molar-refractivity contribution in [2.45, 2.75) is 6.04 Å². The number of ketones is 1. The van der Waals surface area contributed by atoms with Gasteiger partial charge in [-0.1, -0.05) is 12.1 Å². The van der Waals surface area contributed by atoms with E-state index in [4.69, 9.17) is 0 Å². The summed E-state index contributed by atoms with van der Waals surface area (Å²) >= 11 is 0. The molecule has 2 aliphatic heterocycles. The first-order valence-corrected chi connectivity index (χ1v) is 9.28. The van der Waals surface area contributed by atoms with E-state index in [1.165, 1.54) is 18.3 Å². The molecule has 2 amide bonds. The van der Waals surface area contributed by atoms with Crippen LogP contribution in [-0.4, -0.2) is 43.1 Å². The van der Waals surface area contributed by atoms with Crippen LogP contribution in [0.5, 0.6) is 5.75 Å². The molecule has 0 saturated carbocycles. The molecule has 4 N–H and O–H groups in total. The Kier molecular flexibility index (Phi) is 4.99. The lowest BCUT2D eigenvalue weighted by atomic mass is 9.92. The first-order valence-electron chi connectivity index (χ1n) is 9.28. The number of phenols is 1. The van der Waals surface area contributed by atoms with Gasteiger partial charge < -0.3 is 26.0 Å². The maximum Gasteiger partial charge on any atom is 0.319 e. The molecule has 0 radical (unpaired) electrons. The monoisotopic (exact) mass is 378 g/mol. The molecule has 28 heavy (non-hydrogen) atoms. The van der Waals surface area contributed by atoms with Gasteiger partial charge in [-0.05, 0) is 42.0 Å². The van der Waals surface area contributed by atoms with Crippen LogP contribution in [0.25, 0.3) is 0 Å². The Morgan fingerprint density at radius 2 is 1.68 bits per heavy atom. The summed E-state index contributed by atoms with van der Waals surface area (Å²) in [7, 11) is 0. The molecule has 0 bridgehead atoms. The number of anilines is 1. The van der Waals surface area contributed by atoms with Gasteiger partial charge in [-0.15, -0.1) is 0 Å². The standard InChI is InChI=1S/C21H22N4O3/c26-17-7-3-14(4-8-17)19-18(13-23-21(28)24-19)20(27)15-1-5-16(6-2-15)25-11-9-22-10-12-25/h1-8,13,19,22,26H,9-12H2,(H2,23,24,28). The summed E-state index contributed by atoms with van der Waals surface area (Å²) < 4.78 is 0. The molecule has 2 aliphatic rings. The largest absolute Gasteiger partial charge is 0.508 e. The fourth-order valence-electron chi connectivity index (χ4n) is 3.52. The van der Waals surface area contributed by atoms with Crippen LogP contribution in [0, 0.1) is 0 Å². The van der Waals surface area contributed by atoms with Crippen LogP contribution in [0.2, 0.25) is 0 Å². The maximum absolute atomic E-state index is 13.1. The number of nitrogens with zero attached hydrogens (tertiary/aromatic N) is 1. The number of Topliss-reactive ketones (excluding diaryl/α,β-unsaturated/α-hetero) is 1. The highest BCUT2D eigenvalue weighted by Crippen LogP contribution is 2.28. The zero-order valence-electron chi connectivity index (χ0n) is 15.3. The molecule has 0 aromatic heterocycles. The molecule has 0 spiro atoms. The zero-order valence-corrected chi connectivity index (χ0v) is 15.3. The van der Waals surface area contributed by atoms with Crippen LogP contribution < -0.4 is 20.9 Å². The molecule has 2 aromatic carbocycles. The van der Waals surface area contributed by atoms with Gasteiger partial charge in [-0.25, -0.2) is 4.79 Å². The second kappa shape index (κ2) is 7.74. The van der Waals surface area contributed by atoms with Crippen molar-refractivity contribution in [2.24, 2.45) is 0 Å². The fourth-order valence-corrected chi connectivity index (χ4v) is 3.52. The van der Waals surface area contributed by atoms with Gasteiger partial charge in [0.05, 0.1) is 6.04 Å². The molecular formula is C21H22N4O3. The van der Waals surface area contributed by atoms with E-state index in [2.05, 4.69) is 20.9 Å². The van der Waals surface area contributed by atoms with Gasteiger partial charge in [0, 0.05) is 49.2 Å². The molecule has 7 nitrogen and oxygen atoms in total. The van der Waals surface area contributed by atoms with Crippen LogP contribution in [0.4, 0.5) is 10.5 Å². The minimum atomic E-state index is -0.574. The van der Waals surface area contributed by atoms with Gasteiger partial charge in [0.25, 0.3) is 0 Å². The molecule has 4 rings (SSSR count). The van der Waals surface area contributed by atoms with Crippen LogP contribution >= 0.6 is 0 Å². The second-order valence-electron chi connectivity index (χ2n) is 6.86. The van der Waals surface area contributed by atoms with E-state index in [0.29, 0.717) is 11.1 Å². The van der Waals surface area contributed by atoms with Crippen molar-refractivity contribution in [3.63, 3.8) is 0 Å². The third-order valence-corrected chi connectivity index (χ3v) is 5.05. The Balaban J connectivity index is 1.58. The number of carbonyl (C=O) groups is 2. The van der Waals surface area contributed by atoms with E-state index in [1.807, 2.05) is 24.3 Å². The average molecular weight is 378 g/mol. The Hall–Kier alpha value is -3.32. The van der Waals surface area contributed by atoms with Gasteiger partial charge >= 0.3 is 6.03 Å². The number of amides is 2. The summed E-state index contributed by atoms with van der Waals surface area (Å²) in [6.07, 6.45) is 1.46. The van der Waals surface area contributed by atoms with Crippen LogP contribution in [-0.2, 0) is 0 Å². The van der Waals surface area contributed by atoms with Crippen LogP contribution in [0.1, 0.15) is 22.0 Å². The number of hydrogen-bond acceptors (Lipinski definition) is 5. The summed E-state index contributed by atoms with van der Waals surface area (Å²) in [5.74, 6) is -0.0261. The molecule has 1 unspecified atom stereocenters. The molecule has 7 heteroatoms. The van der Waals surface area contributed by atoms with Gasteiger partial charge in [0.1, 0.15) is 5.75 Å². The van der Waals surface area contributed by atoms with Gasteiger partial charge in [0.15, 0.2) is 5.78 Å². The van der Waals surface area contributed by atoms with Crippen molar-refractivity contribution in [1.82, 2.24) is 16.0 Å². The normalized spacial score (nSPS) is 19.4. The highest BCUT2D eigenvalue weighted by atomic mass is 16.3. The molecule has 2 aromatic rings. The van der Waals surface area contributed by atoms with Crippen molar-refractivity contribution in [3.05, 3.63) is 71.4 Å². The second-order valence-corrected chi connectivity index (χ2v) is 6.86. The van der Waals surface area contributed by atoms with Crippen molar-refractivity contribution in [1.29, 1.82) is 0 Å². The van der Waals surface area contributed by atoms with E-state index in [1.54, 1.807) is 12.1 Å². The molecule has 144 valence electrons. The first-order chi connectivity index (χ1) is 13.6. The SMILES string of the molecule is O=C1NC=C(C(=O)c2ccc(N3CCNCC3)cc2)C(c2ccc(O)cc2)N1. The fraction of sp³-hybridized carbons (Fsp3) is 0.238. The van der Waals surface area contributed by atoms with E-state index in [-0.39, 0.29) is 17.6 Å². The maximum atomic E-state index is 13.1. The van der Waals surface area contributed by atoms with E-state index >= 15 is 0 Å². The Morgan fingerprint density at radius 1 is 1.00 bits per heavy atom. The topological polar surface area (TPSA) is 93.7 Å². The number of nitrogens with one attached hydrogen (secondary N) is 3. The van der Waals surface area contributed by atoms with Crippen molar-refractivity contribution >= 4 is 17.5 Å². The first kappa shape index (κ1) is 18.1. The number of carbonyl (C=O) groups excluding carboxylic acids is 2. The van der Waals surface area contributed by atoms with Crippen LogP contribution in [0.15, 0.2) is 60.3 Å². The van der Waals surface area contributed by atoms with E-state index < -0.39 is 6.04 Å². The number of hydrogen-bond donors (Lipinski definition) is 4. The van der Waals surface area contributed by atoms with Crippen molar-refractivity contribution in [3.8, 4) is 5.75 Å². The summed E-state index contributed by atoms with van der Waals surface area (Å²) in [5, 5.41) is 18.2. The number of rotatable bonds is 4. The lowest BCUT2D eigenvalue weighted by molar-refractivity contribution is 0.102. The van der Waals surface area contributed by atoms with Gasteiger partial charge in [0.2, 0.25) is 0 Å². The van der Waals surface area contributed by atoms with Gasteiger partial charge in [-0.3, -0.25) is 4.79 Å². The number of urea groups is 1. The third kappa shape index (κ3) is 3.70. The molecule has 1 fully saturated rings. The molecule has 0 aliphatic carbocycles. The Morgan fingerprint density at radius 3 is 2.36 bits per heavy atom. The molecular weight excluding hydrogens is 356 g/mol. The smallest absolute Gasteiger partial charge is 0.319 e. The third-order valence-electron chi connectivity index (χ3n) is 5.05. The summed E-state index contributed by atoms with van der Waals surface area (Å²) in [6, 6.07) is 13.1. The molecule has 1 atom stereocenters. The predicted octanol–water partition coefficient (Wildman–Crippen LogP) is 1.92. The van der Waals surface area contributed by atoms with E-state index in [0.717, 1.165) is 37.4 Å². The molecule has 2 heterocycles. The minimum Gasteiger partial charge on any atom is -0.508 e. The van der Waals surface area contributed by atoms with Crippen LogP contribution in [0.3, 0.4) is 0 Å². The highest BCUT2D eigenvalue weighted by molar-refractivity contribution is 6.10. The number of benzene rings is 2. The lowest BCUT2D eigenvalue weighted by Crippen LogP contribution is -2.43. The number of phenolic OH excluding ortho intramolecular Hbond substituents is 1.